The van der Waals surface area contributed by atoms with Gasteiger partial charge in [-0.3, -0.25) is 10.1 Å². The van der Waals surface area contributed by atoms with E-state index < -0.39 is 23.4 Å². The van der Waals surface area contributed by atoms with Crippen molar-refractivity contribution in [2.45, 2.75) is 37.8 Å². The van der Waals surface area contributed by atoms with Gasteiger partial charge in [0.15, 0.2) is 11.6 Å². The second-order valence-electron chi connectivity index (χ2n) is 8.90. The zero-order valence-corrected chi connectivity index (χ0v) is 20.7. The Morgan fingerprint density at radius 2 is 1.70 bits per heavy atom. The van der Waals surface area contributed by atoms with Crippen LogP contribution in [0.25, 0.3) is 0 Å². The summed E-state index contributed by atoms with van der Waals surface area (Å²) in [5.41, 5.74) is 0.140. The van der Waals surface area contributed by atoms with E-state index in [1.165, 1.54) is 12.1 Å². The summed E-state index contributed by atoms with van der Waals surface area (Å²) in [5.74, 6) is -3.53. The molecule has 0 bridgehead atoms. The number of aliphatic imine (C=N–C) groups is 1. The minimum absolute atomic E-state index is 0.00277. The van der Waals surface area contributed by atoms with Gasteiger partial charge >= 0.3 is 6.03 Å². The van der Waals surface area contributed by atoms with Gasteiger partial charge in [0.25, 0.3) is 5.91 Å². The van der Waals surface area contributed by atoms with Crippen molar-refractivity contribution >= 4 is 35.2 Å². The predicted molar refractivity (Wildman–Crippen MR) is 133 cm³/mol. The third kappa shape index (κ3) is 7.59. The summed E-state index contributed by atoms with van der Waals surface area (Å²) in [6.45, 7) is 2.17. The Hall–Kier alpha value is -3.31. The van der Waals surface area contributed by atoms with E-state index in [-0.39, 0.29) is 40.3 Å². The fourth-order valence-electron chi connectivity index (χ4n) is 4.24. The number of benzene rings is 2. The second kappa shape index (κ2) is 12.3. The van der Waals surface area contributed by atoms with Crippen LogP contribution in [0.5, 0.6) is 0 Å². The molecule has 2 aromatic carbocycles. The molecule has 1 heterocycles. The molecule has 1 aliphatic heterocycles. The molecule has 2 aromatic rings. The highest BCUT2D eigenvalue weighted by atomic mass is 35.5. The molecule has 2 fully saturated rings. The summed E-state index contributed by atoms with van der Waals surface area (Å²) in [6, 6.07) is 6.25. The molecule has 3 amide bonds. The van der Waals surface area contributed by atoms with Crippen LogP contribution in [0.3, 0.4) is 0 Å². The molecule has 0 unspecified atom stereocenters. The van der Waals surface area contributed by atoms with Crippen LogP contribution in [0.2, 0.25) is 5.02 Å². The molecule has 8 nitrogen and oxygen atoms in total. The lowest BCUT2D eigenvalue weighted by molar-refractivity contribution is 0.0521. The number of nitrogens with one attached hydrogen (secondary N) is 3. The van der Waals surface area contributed by atoms with Crippen LogP contribution in [0.15, 0.2) is 41.4 Å². The largest absolute Gasteiger partial charge is 0.378 e. The van der Waals surface area contributed by atoms with Gasteiger partial charge < -0.3 is 20.3 Å². The molecule has 12 heteroatoms. The van der Waals surface area contributed by atoms with Crippen molar-refractivity contribution in [3.63, 3.8) is 0 Å². The molecule has 0 radical (unpaired) electrons. The number of urea groups is 1. The molecule has 1 saturated heterocycles. The first-order valence-corrected chi connectivity index (χ1v) is 12.3. The van der Waals surface area contributed by atoms with Crippen LogP contribution in [-0.4, -0.2) is 61.2 Å². The number of guanidine groups is 1. The van der Waals surface area contributed by atoms with Gasteiger partial charge in [0.2, 0.25) is 5.96 Å². The van der Waals surface area contributed by atoms with E-state index in [2.05, 4.69) is 20.9 Å². The van der Waals surface area contributed by atoms with E-state index in [9.17, 15) is 22.8 Å². The molecule has 0 atom stereocenters. The minimum Gasteiger partial charge on any atom is -0.378 e. The fraction of sp³-hybridized carbons (Fsp3) is 0.400. The van der Waals surface area contributed by atoms with Gasteiger partial charge in [-0.1, -0.05) is 11.6 Å². The maximum Gasteiger partial charge on any atom is 0.317 e. The molecule has 2 aliphatic rings. The van der Waals surface area contributed by atoms with Crippen LogP contribution in [0.4, 0.5) is 23.7 Å². The van der Waals surface area contributed by atoms with E-state index in [4.69, 9.17) is 16.3 Å². The van der Waals surface area contributed by atoms with E-state index in [1.54, 1.807) is 4.90 Å². The number of nitrogens with zero attached hydrogens (tertiary/aromatic N) is 2. The maximum absolute atomic E-state index is 13.9. The van der Waals surface area contributed by atoms with Crippen molar-refractivity contribution in [2.75, 3.05) is 31.6 Å². The Morgan fingerprint density at radius 1 is 0.973 bits per heavy atom. The molecule has 1 aliphatic carbocycles. The normalized spacial score (nSPS) is 20.3. The first kappa shape index (κ1) is 26.7. The van der Waals surface area contributed by atoms with E-state index in [1.807, 2.05) is 0 Å². The zero-order chi connectivity index (χ0) is 26.4. The standard InChI is InChI=1S/C25H27ClF3N5O3/c26-16-12-17(27)14-20(13-16)31-24(33-23(35)15-1-6-21(28)22(29)11-15)30-18-2-4-19(5-3-18)32-25(36)34-7-9-37-10-8-34/h1,6,11-14,18-19H,2-5,7-10H2,(H,32,36)(H2,30,31,33,35). The average molecular weight is 538 g/mol. The molecular weight excluding hydrogens is 511 g/mol. The molecule has 4 rings (SSSR count). The smallest absolute Gasteiger partial charge is 0.317 e. The summed E-state index contributed by atoms with van der Waals surface area (Å²) >= 11 is 5.94. The first-order chi connectivity index (χ1) is 17.8. The minimum atomic E-state index is -1.16. The topological polar surface area (TPSA) is 95.1 Å². The van der Waals surface area contributed by atoms with E-state index in [0.29, 0.717) is 52.0 Å². The van der Waals surface area contributed by atoms with Gasteiger partial charge in [0.05, 0.1) is 19.3 Å². The summed E-state index contributed by atoms with van der Waals surface area (Å²) < 4.78 is 46.1. The van der Waals surface area contributed by atoms with Crippen LogP contribution in [-0.2, 0) is 4.74 Å². The summed E-state index contributed by atoms with van der Waals surface area (Å²) in [7, 11) is 0. The highest BCUT2D eigenvalue weighted by Gasteiger charge is 2.25. The summed E-state index contributed by atoms with van der Waals surface area (Å²) in [5, 5.41) is 8.61. The van der Waals surface area contributed by atoms with Crippen molar-refractivity contribution < 1.29 is 27.5 Å². The number of halogens is 4. The van der Waals surface area contributed by atoms with Gasteiger partial charge in [-0.05, 0) is 62.1 Å². The average Bonchev–Trinajstić information content (AvgIpc) is 2.86. The Morgan fingerprint density at radius 3 is 2.38 bits per heavy atom. The van der Waals surface area contributed by atoms with Crippen molar-refractivity contribution in [1.82, 2.24) is 15.5 Å². The summed E-state index contributed by atoms with van der Waals surface area (Å²) in [4.78, 5) is 31.5. The van der Waals surface area contributed by atoms with Gasteiger partial charge in [-0.2, -0.15) is 0 Å². The highest BCUT2D eigenvalue weighted by molar-refractivity contribution is 6.31. The van der Waals surface area contributed by atoms with E-state index in [0.717, 1.165) is 24.3 Å². The molecule has 0 spiro atoms. The lowest BCUT2D eigenvalue weighted by Gasteiger charge is -2.32. The SMILES string of the molecule is O=C(NC(=NC1CCC(NC(=O)N2CCOCC2)CC1)Nc1cc(F)cc(Cl)c1)c1ccc(F)c(F)c1. The number of amides is 3. The fourth-order valence-corrected chi connectivity index (χ4v) is 4.46. The lowest BCUT2D eigenvalue weighted by Crippen LogP contribution is -2.50. The third-order valence-corrected chi connectivity index (χ3v) is 6.39. The van der Waals surface area contributed by atoms with Gasteiger partial charge in [-0.15, -0.1) is 0 Å². The Bertz CT molecular complexity index is 1150. The number of hydrogen-bond acceptors (Lipinski definition) is 4. The van der Waals surface area contributed by atoms with Crippen LogP contribution < -0.4 is 16.0 Å². The quantitative estimate of drug-likeness (QED) is 0.400. The molecule has 198 valence electrons. The number of rotatable bonds is 4. The maximum atomic E-state index is 13.9. The highest BCUT2D eigenvalue weighted by Crippen LogP contribution is 2.23. The van der Waals surface area contributed by atoms with Gasteiger partial charge in [0.1, 0.15) is 5.82 Å². The van der Waals surface area contributed by atoms with Gasteiger partial charge in [0, 0.05) is 35.4 Å². The number of carbonyl (C=O) groups is 2. The van der Waals surface area contributed by atoms with Crippen molar-refractivity contribution in [3.05, 3.63) is 64.4 Å². The number of morpholine rings is 1. The number of ether oxygens (including phenoxy) is 1. The Balaban J connectivity index is 1.43. The van der Waals surface area contributed by atoms with E-state index >= 15 is 0 Å². The molecule has 0 aromatic heterocycles. The van der Waals surface area contributed by atoms with Crippen molar-refractivity contribution in [3.8, 4) is 0 Å². The van der Waals surface area contributed by atoms with Crippen molar-refractivity contribution in [2.24, 2.45) is 4.99 Å². The first-order valence-electron chi connectivity index (χ1n) is 12.0. The Kier molecular flexibility index (Phi) is 8.88. The monoisotopic (exact) mass is 537 g/mol. The van der Waals surface area contributed by atoms with Gasteiger partial charge in [-0.25, -0.2) is 23.0 Å². The molecule has 37 heavy (non-hydrogen) atoms. The van der Waals surface area contributed by atoms with Crippen LogP contribution >= 0.6 is 11.6 Å². The zero-order valence-electron chi connectivity index (χ0n) is 19.9. The number of anilines is 1. The number of carbonyl (C=O) groups excluding carboxylic acids is 2. The third-order valence-electron chi connectivity index (χ3n) is 6.17. The lowest BCUT2D eigenvalue weighted by atomic mass is 9.91. The molecular formula is C25H27ClF3N5O3. The van der Waals surface area contributed by atoms with Crippen LogP contribution in [0, 0.1) is 17.5 Å². The second-order valence-corrected chi connectivity index (χ2v) is 9.33. The van der Waals surface area contributed by atoms with Crippen LogP contribution in [0.1, 0.15) is 36.0 Å². The Labute approximate surface area is 217 Å². The molecule has 1 saturated carbocycles. The summed E-state index contributed by atoms with van der Waals surface area (Å²) in [6.07, 6.45) is 2.62. The number of hydrogen-bond donors (Lipinski definition) is 3. The molecule has 3 N–H and O–H groups in total. The van der Waals surface area contributed by atoms with Crippen molar-refractivity contribution in [1.29, 1.82) is 0 Å². The predicted octanol–water partition coefficient (Wildman–Crippen LogP) is 4.31.